The predicted molar refractivity (Wildman–Crippen MR) is 92.4 cm³/mol. The lowest BCUT2D eigenvalue weighted by molar-refractivity contribution is 0.241. The quantitative estimate of drug-likeness (QED) is 0.681. The molecule has 130 valence electrons. The fourth-order valence-electron chi connectivity index (χ4n) is 3.01. The highest BCUT2D eigenvalue weighted by molar-refractivity contribution is 5.44. The van der Waals surface area contributed by atoms with Crippen LogP contribution in [-0.4, -0.2) is 65.6 Å². The lowest BCUT2D eigenvalue weighted by atomic mass is 10.3. The molecule has 0 unspecified atom stereocenters. The molecule has 0 atom stereocenters. The van der Waals surface area contributed by atoms with Gasteiger partial charge in [0.2, 0.25) is 0 Å². The van der Waals surface area contributed by atoms with E-state index in [4.69, 9.17) is 0 Å². The summed E-state index contributed by atoms with van der Waals surface area (Å²) in [6.45, 7) is 6.52. The van der Waals surface area contributed by atoms with Crippen molar-refractivity contribution < 1.29 is 0 Å². The molecule has 0 bridgehead atoms. The van der Waals surface area contributed by atoms with Gasteiger partial charge in [-0.25, -0.2) is 14.6 Å². The fraction of sp³-hybridized carbons (Fsp3) is 0.438. The Labute approximate surface area is 145 Å². The Balaban J connectivity index is 1.45. The summed E-state index contributed by atoms with van der Waals surface area (Å²) in [7, 11) is 1.98. The molecule has 4 rings (SSSR count). The average molecular weight is 339 g/mol. The topological polar surface area (TPSA) is 80.8 Å². The van der Waals surface area contributed by atoms with E-state index in [0.717, 1.165) is 56.0 Å². The summed E-state index contributed by atoms with van der Waals surface area (Å²) in [6.07, 6.45) is 5.39. The van der Waals surface area contributed by atoms with Crippen molar-refractivity contribution in [1.29, 1.82) is 0 Å². The van der Waals surface area contributed by atoms with Crippen molar-refractivity contribution in [3.8, 4) is 5.82 Å². The van der Waals surface area contributed by atoms with Gasteiger partial charge in [-0.1, -0.05) is 0 Å². The van der Waals surface area contributed by atoms with E-state index in [1.165, 1.54) is 0 Å². The first-order chi connectivity index (χ1) is 12.2. The Morgan fingerprint density at radius 1 is 1.08 bits per heavy atom. The van der Waals surface area contributed by atoms with Crippen molar-refractivity contribution in [2.24, 2.45) is 7.05 Å². The SMILES string of the molecule is Cc1nc(N2CCN(Cc3nncn3C)CC2)cc(-n2cccn2)n1. The lowest BCUT2D eigenvalue weighted by Crippen LogP contribution is -2.46. The molecule has 0 aliphatic carbocycles. The van der Waals surface area contributed by atoms with E-state index in [9.17, 15) is 0 Å². The molecule has 0 aromatic carbocycles. The Morgan fingerprint density at radius 3 is 2.56 bits per heavy atom. The Bertz CT molecular complexity index is 831. The Morgan fingerprint density at radius 2 is 1.88 bits per heavy atom. The van der Waals surface area contributed by atoms with Gasteiger partial charge in [-0.05, 0) is 13.0 Å². The van der Waals surface area contributed by atoms with Gasteiger partial charge in [-0.15, -0.1) is 10.2 Å². The van der Waals surface area contributed by atoms with Crippen LogP contribution < -0.4 is 4.90 Å². The number of anilines is 1. The van der Waals surface area contributed by atoms with Crippen LogP contribution in [0.25, 0.3) is 5.82 Å². The third-order valence-electron chi connectivity index (χ3n) is 4.42. The van der Waals surface area contributed by atoms with E-state index in [-0.39, 0.29) is 0 Å². The van der Waals surface area contributed by atoms with Gasteiger partial charge in [-0.3, -0.25) is 4.90 Å². The number of nitrogens with zero attached hydrogens (tertiary/aromatic N) is 9. The van der Waals surface area contributed by atoms with Crippen molar-refractivity contribution in [2.45, 2.75) is 13.5 Å². The number of hydrogen-bond acceptors (Lipinski definition) is 7. The predicted octanol–water partition coefficient (Wildman–Crippen LogP) is 0.421. The molecular formula is C16H21N9. The van der Waals surface area contributed by atoms with Crippen LogP contribution in [0.4, 0.5) is 5.82 Å². The first-order valence-electron chi connectivity index (χ1n) is 8.35. The standard InChI is InChI=1S/C16H21N9/c1-13-19-14(10-15(20-13)25-5-3-4-18-25)24-8-6-23(7-9-24)11-16-21-17-12-22(16)2/h3-5,10,12H,6-9,11H2,1-2H3. The molecular weight excluding hydrogens is 318 g/mol. The van der Waals surface area contributed by atoms with Crippen LogP contribution in [0.1, 0.15) is 11.6 Å². The minimum atomic E-state index is 0.754. The van der Waals surface area contributed by atoms with Crippen molar-refractivity contribution in [3.63, 3.8) is 0 Å². The second kappa shape index (κ2) is 6.60. The number of rotatable bonds is 4. The zero-order chi connectivity index (χ0) is 17.2. The molecule has 25 heavy (non-hydrogen) atoms. The number of aromatic nitrogens is 7. The Hall–Kier alpha value is -2.81. The van der Waals surface area contributed by atoms with E-state index in [1.807, 2.05) is 36.9 Å². The minimum absolute atomic E-state index is 0.754. The average Bonchev–Trinajstić information content (AvgIpc) is 3.28. The molecule has 1 aliphatic rings. The van der Waals surface area contributed by atoms with Gasteiger partial charge in [0.05, 0.1) is 6.54 Å². The third-order valence-corrected chi connectivity index (χ3v) is 4.42. The molecule has 9 nitrogen and oxygen atoms in total. The van der Waals surface area contributed by atoms with E-state index >= 15 is 0 Å². The number of hydrogen-bond donors (Lipinski definition) is 0. The highest BCUT2D eigenvalue weighted by Gasteiger charge is 2.20. The van der Waals surface area contributed by atoms with Gasteiger partial charge < -0.3 is 9.47 Å². The van der Waals surface area contributed by atoms with E-state index in [0.29, 0.717) is 0 Å². The fourth-order valence-corrected chi connectivity index (χ4v) is 3.01. The molecule has 0 N–H and O–H groups in total. The molecule has 3 aromatic rings. The normalized spacial score (nSPS) is 15.7. The highest BCUT2D eigenvalue weighted by Crippen LogP contribution is 2.17. The third kappa shape index (κ3) is 3.36. The minimum Gasteiger partial charge on any atom is -0.354 e. The first kappa shape index (κ1) is 15.7. The molecule has 4 heterocycles. The van der Waals surface area contributed by atoms with E-state index in [1.54, 1.807) is 17.2 Å². The monoisotopic (exact) mass is 339 g/mol. The first-order valence-corrected chi connectivity index (χ1v) is 8.35. The van der Waals surface area contributed by atoms with Gasteiger partial charge in [0.25, 0.3) is 0 Å². The van der Waals surface area contributed by atoms with Crippen LogP contribution in [-0.2, 0) is 13.6 Å². The summed E-state index contributed by atoms with van der Waals surface area (Å²) in [5.41, 5.74) is 0. The highest BCUT2D eigenvalue weighted by atomic mass is 15.3. The van der Waals surface area contributed by atoms with Crippen LogP contribution >= 0.6 is 0 Å². The Kier molecular flexibility index (Phi) is 4.14. The zero-order valence-electron chi connectivity index (χ0n) is 14.4. The smallest absolute Gasteiger partial charge is 0.159 e. The molecule has 0 radical (unpaired) electrons. The number of aryl methyl sites for hydroxylation is 2. The van der Waals surface area contributed by atoms with Gasteiger partial charge >= 0.3 is 0 Å². The molecule has 3 aromatic heterocycles. The maximum Gasteiger partial charge on any atom is 0.159 e. The van der Waals surface area contributed by atoms with Crippen molar-refractivity contribution in [2.75, 3.05) is 31.1 Å². The molecule has 0 amide bonds. The summed E-state index contributed by atoms with van der Waals surface area (Å²) in [5, 5.41) is 12.4. The molecule has 1 saturated heterocycles. The van der Waals surface area contributed by atoms with Crippen molar-refractivity contribution in [3.05, 3.63) is 42.5 Å². The van der Waals surface area contributed by atoms with Crippen LogP contribution in [0, 0.1) is 6.92 Å². The van der Waals surface area contributed by atoms with Crippen molar-refractivity contribution >= 4 is 5.82 Å². The van der Waals surface area contributed by atoms with Crippen molar-refractivity contribution in [1.82, 2.24) is 39.4 Å². The molecule has 0 saturated carbocycles. The van der Waals surface area contributed by atoms with Gasteiger partial charge in [0.15, 0.2) is 5.82 Å². The molecule has 1 fully saturated rings. The molecule has 9 heteroatoms. The second-order valence-corrected chi connectivity index (χ2v) is 6.20. The largest absolute Gasteiger partial charge is 0.354 e. The van der Waals surface area contributed by atoms with Gasteiger partial charge in [-0.2, -0.15) is 5.10 Å². The van der Waals surface area contributed by atoms with Crippen LogP contribution in [0.5, 0.6) is 0 Å². The number of piperazine rings is 1. The zero-order valence-corrected chi connectivity index (χ0v) is 14.4. The van der Waals surface area contributed by atoms with Gasteiger partial charge in [0, 0.05) is 51.7 Å². The van der Waals surface area contributed by atoms with E-state index in [2.05, 4.69) is 35.1 Å². The maximum atomic E-state index is 4.61. The summed E-state index contributed by atoms with van der Waals surface area (Å²) in [5.74, 6) is 3.50. The molecule has 1 aliphatic heterocycles. The molecule has 0 spiro atoms. The van der Waals surface area contributed by atoms with Crippen LogP contribution in [0.15, 0.2) is 30.9 Å². The van der Waals surface area contributed by atoms with Crippen LogP contribution in [0.3, 0.4) is 0 Å². The summed E-state index contributed by atoms with van der Waals surface area (Å²) >= 11 is 0. The van der Waals surface area contributed by atoms with Crippen LogP contribution in [0.2, 0.25) is 0 Å². The lowest BCUT2D eigenvalue weighted by Gasteiger charge is -2.35. The second-order valence-electron chi connectivity index (χ2n) is 6.20. The summed E-state index contributed by atoms with van der Waals surface area (Å²) in [4.78, 5) is 13.8. The summed E-state index contributed by atoms with van der Waals surface area (Å²) < 4.78 is 3.74. The summed E-state index contributed by atoms with van der Waals surface area (Å²) in [6, 6.07) is 3.89. The van der Waals surface area contributed by atoms with E-state index < -0.39 is 0 Å². The maximum absolute atomic E-state index is 4.61. The van der Waals surface area contributed by atoms with Gasteiger partial charge in [0.1, 0.15) is 23.8 Å².